The van der Waals surface area contributed by atoms with Crippen LogP contribution in [0.5, 0.6) is 0 Å². The van der Waals surface area contributed by atoms with Crippen LogP contribution in [0.2, 0.25) is 0 Å². The minimum absolute atomic E-state index is 0.749. The molecule has 2 aromatic heterocycles. The lowest BCUT2D eigenvalue weighted by Gasteiger charge is -2.12. The van der Waals surface area contributed by atoms with E-state index in [-0.39, 0.29) is 0 Å². The number of hydrogen-bond donors (Lipinski definition) is 1. The Hall–Kier alpha value is -2.04. The highest BCUT2D eigenvalue weighted by molar-refractivity contribution is 5.47. The Morgan fingerprint density at radius 2 is 2.12 bits per heavy atom. The second kappa shape index (κ2) is 4.86. The molecule has 0 bridgehead atoms. The van der Waals surface area contributed by atoms with Gasteiger partial charge in [-0.25, -0.2) is 9.97 Å². The van der Waals surface area contributed by atoms with Crippen LogP contribution in [0.1, 0.15) is 5.69 Å². The van der Waals surface area contributed by atoms with Crippen molar-refractivity contribution >= 4 is 11.5 Å². The molecule has 90 valence electrons. The summed E-state index contributed by atoms with van der Waals surface area (Å²) in [5, 5.41) is 3.31. The molecule has 1 N–H and O–H groups in total. The number of nitrogens with one attached hydrogen (secondary N) is 1. The van der Waals surface area contributed by atoms with Crippen LogP contribution in [0.3, 0.4) is 0 Å². The molecule has 0 aliphatic carbocycles. The molecule has 5 heteroatoms. The number of imidazole rings is 1. The quantitative estimate of drug-likeness (QED) is 0.866. The molecular weight excluding hydrogens is 214 g/mol. The minimum Gasteiger partial charge on any atom is -0.378 e. The largest absolute Gasteiger partial charge is 0.378 e. The first-order valence-corrected chi connectivity index (χ1v) is 5.49. The van der Waals surface area contributed by atoms with E-state index in [9.17, 15) is 0 Å². The standard InChI is InChI=1S/C12H17N5/c1-16(2)12-5-4-10(6-15-12)14-8-11-7-13-9-17(11)3/h4-7,9,14H,8H2,1-3H3. The average Bonchev–Trinajstić information content (AvgIpc) is 2.73. The van der Waals surface area contributed by atoms with Crippen molar-refractivity contribution in [2.45, 2.75) is 6.54 Å². The predicted octanol–water partition coefficient (Wildman–Crippen LogP) is 1.49. The van der Waals surface area contributed by atoms with E-state index in [0.717, 1.165) is 23.7 Å². The first kappa shape index (κ1) is 11.4. The molecular formula is C12H17N5. The molecule has 0 aromatic carbocycles. The van der Waals surface area contributed by atoms with Crippen LogP contribution in [0.25, 0.3) is 0 Å². The smallest absolute Gasteiger partial charge is 0.128 e. The fourth-order valence-electron chi connectivity index (χ4n) is 1.50. The number of aromatic nitrogens is 3. The van der Waals surface area contributed by atoms with E-state index in [1.54, 1.807) is 6.33 Å². The minimum atomic E-state index is 0.749. The average molecular weight is 231 g/mol. The zero-order valence-electron chi connectivity index (χ0n) is 10.4. The van der Waals surface area contributed by atoms with Gasteiger partial charge < -0.3 is 14.8 Å². The molecule has 0 fully saturated rings. The predicted molar refractivity (Wildman–Crippen MR) is 69.1 cm³/mol. The molecule has 17 heavy (non-hydrogen) atoms. The third kappa shape index (κ3) is 2.75. The van der Waals surface area contributed by atoms with Crippen LogP contribution in [0.15, 0.2) is 30.9 Å². The van der Waals surface area contributed by atoms with Gasteiger partial charge in [0.1, 0.15) is 5.82 Å². The Kier molecular flexibility index (Phi) is 3.27. The lowest BCUT2D eigenvalue weighted by molar-refractivity contribution is 0.837. The van der Waals surface area contributed by atoms with Crippen LogP contribution in [-0.2, 0) is 13.6 Å². The third-order valence-electron chi connectivity index (χ3n) is 2.60. The summed E-state index contributed by atoms with van der Waals surface area (Å²) in [6.07, 6.45) is 5.49. The van der Waals surface area contributed by atoms with E-state index < -0.39 is 0 Å². The maximum Gasteiger partial charge on any atom is 0.128 e. The van der Waals surface area contributed by atoms with Gasteiger partial charge in [0, 0.05) is 27.3 Å². The van der Waals surface area contributed by atoms with Crippen molar-refractivity contribution in [2.75, 3.05) is 24.3 Å². The number of aryl methyl sites for hydroxylation is 1. The van der Waals surface area contributed by atoms with E-state index >= 15 is 0 Å². The molecule has 2 aromatic rings. The fraction of sp³-hybridized carbons (Fsp3) is 0.333. The zero-order chi connectivity index (χ0) is 12.3. The zero-order valence-corrected chi connectivity index (χ0v) is 10.4. The second-order valence-electron chi connectivity index (χ2n) is 4.15. The van der Waals surface area contributed by atoms with Gasteiger partial charge in [0.05, 0.1) is 30.5 Å². The second-order valence-corrected chi connectivity index (χ2v) is 4.15. The molecule has 5 nitrogen and oxygen atoms in total. The van der Waals surface area contributed by atoms with E-state index in [1.807, 2.05) is 55.1 Å². The molecule has 2 rings (SSSR count). The van der Waals surface area contributed by atoms with Crippen LogP contribution >= 0.6 is 0 Å². The molecule has 0 saturated carbocycles. The SMILES string of the molecule is CN(C)c1ccc(NCc2cncn2C)cn1. The number of rotatable bonds is 4. The van der Waals surface area contributed by atoms with Crippen molar-refractivity contribution in [3.63, 3.8) is 0 Å². The van der Waals surface area contributed by atoms with Gasteiger partial charge in [0.25, 0.3) is 0 Å². The maximum atomic E-state index is 4.34. The Morgan fingerprint density at radius 1 is 1.29 bits per heavy atom. The molecule has 0 aliphatic heterocycles. The molecule has 0 atom stereocenters. The summed E-state index contributed by atoms with van der Waals surface area (Å²) in [4.78, 5) is 10.4. The summed E-state index contributed by atoms with van der Waals surface area (Å²) < 4.78 is 1.99. The van der Waals surface area contributed by atoms with Crippen LogP contribution in [0, 0.1) is 0 Å². The molecule has 0 aliphatic rings. The lowest BCUT2D eigenvalue weighted by Crippen LogP contribution is -2.10. The number of hydrogen-bond acceptors (Lipinski definition) is 4. The van der Waals surface area contributed by atoms with Crippen LogP contribution in [0.4, 0.5) is 11.5 Å². The Bertz CT molecular complexity index is 472. The molecule has 2 heterocycles. The first-order chi connectivity index (χ1) is 8.16. The van der Waals surface area contributed by atoms with Crippen molar-refractivity contribution in [2.24, 2.45) is 7.05 Å². The summed E-state index contributed by atoms with van der Waals surface area (Å²) >= 11 is 0. The Labute approximate surface area is 101 Å². The van der Waals surface area contributed by atoms with Crippen molar-refractivity contribution < 1.29 is 0 Å². The molecule has 0 radical (unpaired) electrons. The van der Waals surface area contributed by atoms with Gasteiger partial charge >= 0.3 is 0 Å². The van der Waals surface area contributed by atoms with Crippen LogP contribution < -0.4 is 10.2 Å². The van der Waals surface area contributed by atoms with Gasteiger partial charge in [-0.3, -0.25) is 0 Å². The molecule has 0 amide bonds. The summed E-state index contributed by atoms with van der Waals surface area (Å²) in [5.74, 6) is 0.955. The van der Waals surface area contributed by atoms with E-state index in [2.05, 4.69) is 15.3 Å². The van der Waals surface area contributed by atoms with E-state index in [1.165, 1.54) is 0 Å². The summed E-state index contributed by atoms with van der Waals surface area (Å²) in [7, 11) is 5.94. The van der Waals surface area contributed by atoms with E-state index in [4.69, 9.17) is 0 Å². The maximum absolute atomic E-state index is 4.34. The molecule has 0 unspecified atom stereocenters. The van der Waals surface area contributed by atoms with Gasteiger partial charge in [-0.2, -0.15) is 0 Å². The fourth-order valence-corrected chi connectivity index (χ4v) is 1.50. The third-order valence-corrected chi connectivity index (χ3v) is 2.60. The Morgan fingerprint density at radius 3 is 2.65 bits per heavy atom. The van der Waals surface area contributed by atoms with Crippen molar-refractivity contribution in [3.05, 3.63) is 36.5 Å². The highest BCUT2D eigenvalue weighted by atomic mass is 15.1. The highest BCUT2D eigenvalue weighted by Gasteiger charge is 2.00. The highest BCUT2D eigenvalue weighted by Crippen LogP contribution is 2.12. The van der Waals surface area contributed by atoms with Gasteiger partial charge in [-0.05, 0) is 12.1 Å². The first-order valence-electron chi connectivity index (χ1n) is 5.49. The summed E-state index contributed by atoms with van der Waals surface area (Å²) in [6, 6.07) is 4.02. The van der Waals surface area contributed by atoms with Crippen molar-refractivity contribution in [3.8, 4) is 0 Å². The normalized spacial score (nSPS) is 10.3. The summed E-state index contributed by atoms with van der Waals surface area (Å²) in [5.41, 5.74) is 2.15. The van der Waals surface area contributed by atoms with Gasteiger partial charge in [0.2, 0.25) is 0 Å². The monoisotopic (exact) mass is 231 g/mol. The number of anilines is 2. The molecule has 0 saturated heterocycles. The summed E-state index contributed by atoms with van der Waals surface area (Å²) in [6.45, 7) is 0.749. The van der Waals surface area contributed by atoms with Crippen molar-refractivity contribution in [1.29, 1.82) is 0 Å². The van der Waals surface area contributed by atoms with E-state index in [0.29, 0.717) is 0 Å². The van der Waals surface area contributed by atoms with Gasteiger partial charge in [-0.15, -0.1) is 0 Å². The topological polar surface area (TPSA) is 46.0 Å². The van der Waals surface area contributed by atoms with Gasteiger partial charge in [-0.1, -0.05) is 0 Å². The van der Waals surface area contributed by atoms with Gasteiger partial charge in [0.15, 0.2) is 0 Å². The Balaban J connectivity index is 1.98. The van der Waals surface area contributed by atoms with Crippen molar-refractivity contribution in [1.82, 2.24) is 14.5 Å². The number of nitrogens with zero attached hydrogens (tertiary/aromatic N) is 4. The number of pyridine rings is 1. The van der Waals surface area contributed by atoms with Crippen LogP contribution in [-0.4, -0.2) is 28.6 Å². The molecule has 0 spiro atoms. The lowest BCUT2D eigenvalue weighted by atomic mass is 10.3.